The van der Waals surface area contributed by atoms with E-state index in [1.54, 1.807) is 0 Å². The zero-order valence-corrected chi connectivity index (χ0v) is 34.3. The molecule has 13 rings (SSSR count). The van der Waals surface area contributed by atoms with Gasteiger partial charge in [-0.2, -0.15) is 0 Å². The van der Waals surface area contributed by atoms with E-state index in [0.717, 1.165) is 27.3 Å². The molecule has 0 radical (unpaired) electrons. The SMILES string of the molecule is c1ccc2c(-c3ccc(-c4c5ccccc5c(-c5ccc(-c6cccc7ccccc67)cc5)c5cc(-c6cc7c8ccccc8oc7c7ccccc67)ccc45)cc3)cccc2c1. The summed E-state index contributed by atoms with van der Waals surface area (Å²) in [6.07, 6.45) is 0. The van der Waals surface area contributed by atoms with Crippen molar-refractivity contribution in [1.82, 2.24) is 0 Å². The van der Waals surface area contributed by atoms with Gasteiger partial charge in [-0.05, 0) is 122 Å². The van der Waals surface area contributed by atoms with Gasteiger partial charge in [0.05, 0.1) is 0 Å². The molecule has 1 heterocycles. The maximum atomic E-state index is 6.54. The van der Waals surface area contributed by atoms with Gasteiger partial charge in [-0.1, -0.05) is 212 Å². The fourth-order valence-corrected chi connectivity index (χ4v) is 10.3. The Morgan fingerprint density at radius 2 is 0.651 bits per heavy atom. The summed E-state index contributed by atoms with van der Waals surface area (Å²) in [5.41, 5.74) is 14.0. The Bertz CT molecular complexity index is 3930. The molecule has 1 heteroatoms. The minimum Gasteiger partial charge on any atom is -0.455 e. The fraction of sp³-hybridized carbons (Fsp3) is 0. The predicted octanol–water partition coefficient (Wildman–Crippen LogP) is 17.7. The van der Waals surface area contributed by atoms with E-state index in [1.165, 1.54) is 104 Å². The second-order valence-electron chi connectivity index (χ2n) is 16.7. The largest absolute Gasteiger partial charge is 0.455 e. The smallest absolute Gasteiger partial charge is 0.143 e. The Hall–Kier alpha value is -8.26. The number of fused-ring (bicyclic) bond motifs is 9. The average molecular weight is 799 g/mol. The van der Waals surface area contributed by atoms with Crippen molar-refractivity contribution in [2.24, 2.45) is 0 Å². The quantitative estimate of drug-likeness (QED) is 0.158. The highest BCUT2D eigenvalue weighted by Gasteiger charge is 2.20. The Kier molecular flexibility index (Phi) is 7.98. The number of furan rings is 1. The van der Waals surface area contributed by atoms with Gasteiger partial charge in [0.15, 0.2) is 0 Å². The van der Waals surface area contributed by atoms with Gasteiger partial charge in [0.1, 0.15) is 11.2 Å². The molecule has 0 unspecified atom stereocenters. The molecule has 0 amide bonds. The summed E-state index contributed by atoms with van der Waals surface area (Å²) in [6, 6.07) is 84.5. The van der Waals surface area contributed by atoms with Crippen LogP contribution in [0.2, 0.25) is 0 Å². The van der Waals surface area contributed by atoms with Crippen LogP contribution in [0.1, 0.15) is 0 Å². The lowest BCUT2D eigenvalue weighted by Gasteiger charge is -2.20. The molecule has 0 aliphatic heterocycles. The molecule has 0 bridgehead atoms. The normalized spacial score (nSPS) is 11.8. The molecule has 13 aromatic rings. The van der Waals surface area contributed by atoms with Crippen molar-refractivity contribution in [2.45, 2.75) is 0 Å². The van der Waals surface area contributed by atoms with Crippen LogP contribution in [0.15, 0.2) is 235 Å². The monoisotopic (exact) mass is 798 g/mol. The van der Waals surface area contributed by atoms with Crippen LogP contribution in [-0.2, 0) is 0 Å². The Morgan fingerprint density at radius 1 is 0.222 bits per heavy atom. The van der Waals surface area contributed by atoms with Crippen LogP contribution in [0.4, 0.5) is 0 Å². The van der Waals surface area contributed by atoms with E-state index in [2.05, 4.69) is 224 Å². The van der Waals surface area contributed by atoms with Crippen LogP contribution in [0, 0.1) is 0 Å². The fourth-order valence-electron chi connectivity index (χ4n) is 10.3. The first-order chi connectivity index (χ1) is 31.2. The zero-order chi connectivity index (χ0) is 41.4. The molecule has 1 aromatic heterocycles. The number of rotatable bonds is 5. The molecule has 0 saturated carbocycles. The van der Waals surface area contributed by atoms with Crippen molar-refractivity contribution in [1.29, 1.82) is 0 Å². The lowest BCUT2D eigenvalue weighted by Crippen LogP contribution is -1.92. The molecule has 0 spiro atoms. The summed E-state index contributed by atoms with van der Waals surface area (Å²) in [7, 11) is 0. The standard InChI is InChI=1S/C62H38O/c1-3-17-46-39(13-1)15-11-24-48(46)41-27-31-43(32-28-41)60-52-21-6-7-22-53(52)61(44-33-29-42(30-34-44)49-25-12-16-40-14-2-4-18-47(40)49)57-37-45(35-36-54(57)60)56-38-58-51-20-9-10-26-59(51)63-62(58)55-23-8-5-19-50(55)56/h1-38H. The highest BCUT2D eigenvalue weighted by atomic mass is 16.3. The van der Waals surface area contributed by atoms with Gasteiger partial charge in [-0.25, -0.2) is 0 Å². The van der Waals surface area contributed by atoms with Crippen LogP contribution < -0.4 is 0 Å². The number of hydrogen-bond donors (Lipinski definition) is 0. The molecule has 0 fully saturated rings. The van der Waals surface area contributed by atoms with Crippen molar-refractivity contribution >= 4 is 75.8 Å². The van der Waals surface area contributed by atoms with Crippen molar-refractivity contribution < 1.29 is 4.42 Å². The molecular formula is C62H38O. The topological polar surface area (TPSA) is 13.1 Å². The first-order valence-electron chi connectivity index (χ1n) is 21.7. The van der Waals surface area contributed by atoms with Gasteiger partial charge in [0.25, 0.3) is 0 Å². The lowest BCUT2D eigenvalue weighted by molar-refractivity contribution is 0.672. The number of para-hydroxylation sites is 1. The summed E-state index contributed by atoms with van der Waals surface area (Å²) in [4.78, 5) is 0. The third-order valence-electron chi connectivity index (χ3n) is 13.3. The number of benzene rings is 12. The third-order valence-corrected chi connectivity index (χ3v) is 13.3. The second-order valence-corrected chi connectivity index (χ2v) is 16.7. The van der Waals surface area contributed by atoms with Crippen molar-refractivity contribution in [3.63, 3.8) is 0 Å². The van der Waals surface area contributed by atoms with Crippen molar-refractivity contribution in [2.75, 3.05) is 0 Å². The second kappa shape index (κ2) is 14.2. The molecule has 63 heavy (non-hydrogen) atoms. The van der Waals surface area contributed by atoms with Crippen LogP contribution in [0.25, 0.3) is 131 Å². The van der Waals surface area contributed by atoms with Gasteiger partial charge in [-0.15, -0.1) is 0 Å². The molecule has 0 aliphatic rings. The Morgan fingerprint density at radius 3 is 1.25 bits per heavy atom. The van der Waals surface area contributed by atoms with Crippen LogP contribution in [-0.4, -0.2) is 0 Å². The first kappa shape index (κ1) is 35.5. The summed E-state index contributed by atoms with van der Waals surface area (Å²) < 4.78 is 6.54. The van der Waals surface area contributed by atoms with Crippen molar-refractivity contribution in [3.05, 3.63) is 231 Å². The van der Waals surface area contributed by atoms with Gasteiger partial charge >= 0.3 is 0 Å². The molecule has 292 valence electrons. The molecular weight excluding hydrogens is 761 g/mol. The minimum absolute atomic E-state index is 0.908. The van der Waals surface area contributed by atoms with Crippen LogP contribution >= 0.6 is 0 Å². The lowest BCUT2D eigenvalue weighted by atomic mass is 9.84. The minimum atomic E-state index is 0.908. The van der Waals surface area contributed by atoms with E-state index in [1.807, 2.05) is 6.07 Å². The van der Waals surface area contributed by atoms with E-state index in [0.29, 0.717) is 0 Å². The third kappa shape index (κ3) is 5.64. The molecule has 0 saturated heterocycles. The maximum absolute atomic E-state index is 6.54. The summed E-state index contributed by atoms with van der Waals surface area (Å²) in [5.74, 6) is 0. The molecule has 12 aromatic carbocycles. The van der Waals surface area contributed by atoms with Gasteiger partial charge in [0.2, 0.25) is 0 Å². The van der Waals surface area contributed by atoms with Gasteiger partial charge < -0.3 is 4.42 Å². The average Bonchev–Trinajstić information content (AvgIpc) is 3.74. The van der Waals surface area contributed by atoms with Crippen molar-refractivity contribution in [3.8, 4) is 55.6 Å². The molecule has 1 nitrogen and oxygen atoms in total. The zero-order valence-electron chi connectivity index (χ0n) is 34.3. The van der Waals surface area contributed by atoms with E-state index < -0.39 is 0 Å². The van der Waals surface area contributed by atoms with E-state index >= 15 is 0 Å². The predicted molar refractivity (Wildman–Crippen MR) is 268 cm³/mol. The van der Waals surface area contributed by atoms with Gasteiger partial charge in [-0.3, -0.25) is 0 Å². The van der Waals surface area contributed by atoms with Crippen LogP contribution in [0.3, 0.4) is 0 Å². The maximum Gasteiger partial charge on any atom is 0.143 e. The van der Waals surface area contributed by atoms with E-state index in [-0.39, 0.29) is 0 Å². The highest BCUT2D eigenvalue weighted by molar-refractivity contribution is 6.24. The van der Waals surface area contributed by atoms with Gasteiger partial charge in [0, 0.05) is 16.2 Å². The Labute approximate surface area is 364 Å². The summed E-state index contributed by atoms with van der Waals surface area (Å²) in [5, 5.41) is 14.5. The molecule has 0 aliphatic carbocycles. The van der Waals surface area contributed by atoms with E-state index in [9.17, 15) is 0 Å². The summed E-state index contributed by atoms with van der Waals surface area (Å²) >= 11 is 0. The highest BCUT2D eigenvalue weighted by Crippen LogP contribution is 2.47. The Balaban J connectivity index is 1.06. The first-order valence-corrected chi connectivity index (χ1v) is 21.7. The molecule has 0 atom stereocenters. The summed E-state index contributed by atoms with van der Waals surface area (Å²) in [6.45, 7) is 0. The van der Waals surface area contributed by atoms with Crippen LogP contribution in [0.5, 0.6) is 0 Å². The molecule has 0 N–H and O–H groups in total. The number of hydrogen-bond acceptors (Lipinski definition) is 1. The van der Waals surface area contributed by atoms with E-state index in [4.69, 9.17) is 4.42 Å².